The highest BCUT2D eigenvalue weighted by atomic mass is 16.5. The molecule has 2 nitrogen and oxygen atoms in total. The second-order valence-electron chi connectivity index (χ2n) is 6.68. The summed E-state index contributed by atoms with van der Waals surface area (Å²) >= 11 is 0. The fourth-order valence-corrected chi connectivity index (χ4v) is 4.13. The third kappa shape index (κ3) is 2.85. The van der Waals surface area contributed by atoms with E-state index in [9.17, 15) is 0 Å². The molecule has 4 atom stereocenters. The van der Waals surface area contributed by atoms with Crippen molar-refractivity contribution in [2.75, 3.05) is 13.7 Å². The number of hydrogen-bond donors (Lipinski definition) is 1. The Kier molecular flexibility index (Phi) is 4.30. The number of rotatable bonds is 4. The zero-order chi connectivity index (χ0) is 13.9. The van der Waals surface area contributed by atoms with Crippen LogP contribution in [-0.4, -0.2) is 19.7 Å². The Labute approximate surface area is 122 Å². The summed E-state index contributed by atoms with van der Waals surface area (Å²) in [6, 6.07) is 9.26. The summed E-state index contributed by atoms with van der Waals surface area (Å²) < 4.78 is 5.79. The van der Waals surface area contributed by atoms with Gasteiger partial charge in [0.1, 0.15) is 5.75 Å². The Morgan fingerprint density at radius 3 is 2.85 bits per heavy atom. The average molecular weight is 273 g/mol. The van der Waals surface area contributed by atoms with E-state index in [1.807, 2.05) is 0 Å². The first kappa shape index (κ1) is 13.9. The first-order valence-corrected chi connectivity index (χ1v) is 8.17. The zero-order valence-electron chi connectivity index (χ0n) is 12.8. The van der Waals surface area contributed by atoms with Crippen molar-refractivity contribution in [1.82, 2.24) is 5.32 Å². The predicted octanol–water partition coefficient (Wildman–Crippen LogP) is 3.97. The van der Waals surface area contributed by atoms with Crippen LogP contribution in [0.3, 0.4) is 0 Å². The van der Waals surface area contributed by atoms with Crippen molar-refractivity contribution in [3.05, 3.63) is 29.8 Å². The Morgan fingerprint density at radius 1 is 1.25 bits per heavy atom. The molecule has 0 spiro atoms. The topological polar surface area (TPSA) is 21.3 Å². The van der Waals surface area contributed by atoms with E-state index in [0.29, 0.717) is 12.0 Å². The highest BCUT2D eigenvalue weighted by molar-refractivity contribution is 5.37. The molecule has 2 aliphatic rings. The molecule has 110 valence electrons. The molecule has 1 aromatic rings. The van der Waals surface area contributed by atoms with Crippen LogP contribution in [0.4, 0.5) is 0 Å². The Morgan fingerprint density at radius 2 is 2.10 bits per heavy atom. The first-order chi connectivity index (χ1) is 9.78. The number of hydrogen-bond acceptors (Lipinski definition) is 2. The molecule has 1 N–H and O–H groups in total. The molecule has 1 aromatic carbocycles. The SMILES string of the molecule is CNC(CC1CCOc2ccccc21)C1CCC(C)C1. The van der Waals surface area contributed by atoms with Crippen LogP contribution in [0.15, 0.2) is 24.3 Å². The van der Waals surface area contributed by atoms with E-state index in [1.54, 1.807) is 0 Å². The van der Waals surface area contributed by atoms with Gasteiger partial charge in [0, 0.05) is 6.04 Å². The summed E-state index contributed by atoms with van der Waals surface area (Å²) in [6.07, 6.45) is 6.63. The highest BCUT2D eigenvalue weighted by Crippen LogP contribution is 2.40. The maximum atomic E-state index is 5.79. The highest BCUT2D eigenvalue weighted by Gasteiger charge is 2.31. The standard InChI is InChI=1S/C18H27NO/c1-13-7-8-15(11-13)17(19-2)12-14-9-10-20-18-6-4-3-5-16(14)18/h3-6,13-15,17,19H,7-12H2,1-2H3. The maximum Gasteiger partial charge on any atom is 0.122 e. The predicted molar refractivity (Wildman–Crippen MR) is 83.3 cm³/mol. The lowest BCUT2D eigenvalue weighted by Crippen LogP contribution is -2.35. The summed E-state index contributed by atoms with van der Waals surface area (Å²) in [7, 11) is 2.14. The van der Waals surface area contributed by atoms with Crippen LogP contribution in [0.2, 0.25) is 0 Å². The minimum Gasteiger partial charge on any atom is -0.493 e. The summed E-state index contributed by atoms with van der Waals surface area (Å²) in [4.78, 5) is 0. The molecule has 0 amide bonds. The molecule has 1 fully saturated rings. The van der Waals surface area contributed by atoms with Crippen molar-refractivity contribution in [2.24, 2.45) is 11.8 Å². The monoisotopic (exact) mass is 273 g/mol. The van der Waals surface area contributed by atoms with Crippen LogP contribution >= 0.6 is 0 Å². The molecule has 0 bridgehead atoms. The van der Waals surface area contributed by atoms with E-state index in [0.717, 1.165) is 30.6 Å². The van der Waals surface area contributed by atoms with Crippen LogP contribution in [0.5, 0.6) is 5.75 Å². The lowest BCUT2D eigenvalue weighted by molar-refractivity contribution is 0.242. The van der Waals surface area contributed by atoms with Gasteiger partial charge in [0.25, 0.3) is 0 Å². The van der Waals surface area contributed by atoms with Gasteiger partial charge in [-0.05, 0) is 62.1 Å². The van der Waals surface area contributed by atoms with Gasteiger partial charge < -0.3 is 10.1 Å². The fourth-order valence-electron chi connectivity index (χ4n) is 4.13. The quantitative estimate of drug-likeness (QED) is 0.896. The molecular formula is C18H27NO. The molecule has 0 radical (unpaired) electrons. The third-order valence-corrected chi connectivity index (χ3v) is 5.30. The van der Waals surface area contributed by atoms with Crippen LogP contribution in [0, 0.1) is 11.8 Å². The van der Waals surface area contributed by atoms with E-state index in [-0.39, 0.29) is 0 Å². The van der Waals surface area contributed by atoms with Crippen molar-refractivity contribution < 1.29 is 4.74 Å². The van der Waals surface area contributed by atoms with E-state index in [1.165, 1.54) is 31.2 Å². The van der Waals surface area contributed by atoms with Crippen molar-refractivity contribution in [2.45, 2.75) is 51.0 Å². The van der Waals surface area contributed by atoms with Crippen molar-refractivity contribution in [3.63, 3.8) is 0 Å². The molecule has 2 heteroatoms. The number of ether oxygens (including phenoxy) is 1. The summed E-state index contributed by atoms with van der Waals surface area (Å²) in [5, 5.41) is 3.60. The Hall–Kier alpha value is -1.02. The zero-order valence-corrected chi connectivity index (χ0v) is 12.8. The van der Waals surface area contributed by atoms with Crippen molar-refractivity contribution in [1.29, 1.82) is 0 Å². The van der Waals surface area contributed by atoms with Gasteiger partial charge in [0.05, 0.1) is 6.61 Å². The smallest absolute Gasteiger partial charge is 0.122 e. The molecule has 0 aromatic heterocycles. The van der Waals surface area contributed by atoms with Gasteiger partial charge in [-0.2, -0.15) is 0 Å². The number of fused-ring (bicyclic) bond motifs is 1. The maximum absolute atomic E-state index is 5.79. The van der Waals surface area contributed by atoms with Gasteiger partial charge in [-0.1, -0.05) is 31.5 Å². The first-order valence-electron chi connectivity index (χ1n) is 8.17. The minimum atomic E-state index is 0.660. The van der Waals surface area contributed by atoms with Crippen LogP contribution in [-0.2, 0) is 0 Å². The number of nitrogens with one attached hydrogen (secondary N) is 1. The van der Waals surface area contributed by atoms with Gasteiger partial charge in [-0.25, -0.2) is 0 Å². The number of para-hydroxylation sites is 1. The Balaban J connectivity index is 1.70. The summed E-state index contributed by atoms with van der Waals surface area (Å²) in [5.74, 6) is 3.55. The van der Waals surface area contributed by atoms with E-state index in [4.69, 9.17) is 4.74 Å². The van der Waals surface area contributed by atoms with Gasteiger partial charge >= 0.3 is 0 Å². The van der Waals surface area contributed by atoms with Gasteiger partial charge in [0.2, 0.25) is 0 Å². The lowest BCUT2D eigenvalue weighted by Gasteiger charge is -2.31. The van der Waals surface area contributed by atoms with Crippen molar-refractivity contribution >= 4 is 0 Å². The normalized spacial score (nSPS) is 30.6. The van der Waals surface area contributed by atoms with E-state index < -0.39 is 0 Å². The summed E-state index contributed by atoms with van der Waals surface area (Å²) in [6.45, 7) is 3.27. The van der Waals surface area contributed by atoms with Crippen LogP contribution < -0.4 is 10.1 Å². The summed E-state index contributed by atoms with van der Waals surface area (Å²) in [5.41, 5.74) is 1.42. The largest absolute Gasteiger partial charge is 0.493 e. The van der Waals surface area contributed by atoms with E-state index in [2.05, 4.69) is 43.6 Å². The fraction of sp³-hybridized carbons (Fsp3) is 0.667. The molecule has 1 saturated carbocycles. The van der Waals surface area contributed by atoms with Crippen LogP contribution in [0.1, 0.15) is 50.5 Å². The molecular weight excluding hydrogens is 246 g/mol. The molecule has 0 saturated heterocycles. The minimum absolute atomic E-state index is 0.660. The molecule has 3 rings (SSSR count). The molecule has 20 heavy (non-hydrogen) atoms. The van der Waals surface area contributed by atoms with Crippen molar-refractivity contribution in [3.8, 4) is 5.75 Å². The van der Waals surface area contributed by atoms with Gasteiger partial charge in [-0.15, -0.1) is 0 Å². The van der Waals surface area contributed by atoms with Crippen LogP contribution in [0.25, 0.3) is 0 Å². The third-order valence-electron chi connectivity index (χ3n) is 5.30. The Bertz CT molecular complexity index is 445. The second kappa shape index (κ2) is 6.17. The second-order valence-corrected chi connectivity index (χ2v) is 6.68. The molecule has 1 heterocycles. The van der Waals surface area contributed by atoms with Gasteiger partial charge in [0.15, 0.2) is 0 Å². The molecule has 4 unspecified atom stereocenters. The molecule has 1 aliphatic heterocycles. The lowest BCUT2D eigenvalue weighted by atomic mass is 9.83. The number of benzene rings is 1. The van der Waals surface area contributed by atoms with E-state index >= 15 is 0 Å². The molecule has 1 aliphatic carbocycles. The van der Waals surface area contributed by atoms with Gasteiger partial charge in [-0.3, -0.25) is 0 Å². The average Bonchev–Trinajstić information content (AvgIpc) is 2.91.